The normalized spacial score (nSPS) is 0. The zero-order valence-corrected chi connectivity index (χ0v) is 5.86. The first-order valence-electron chi connectivity index (χ1n) is 0. The van der Waals surface area contributed by atoms with Gasteiger partial charge in [0.2, 0.25) is 0 Å². The van der Waals surface area contributed by atoms with Crippen LogP contribution in [0.5, 0.6) is 0 Å². The molecule has 0 saturated heterocycles. The van der Waals surface area contributed by atoms with E-state index in [9.17, 15) is 0 Å². The van der Waals surface area contributed by atoms with Gasteiger partial charge in [0, 0.05) is 44.5 Å². The first-order chi connectivity index (χ1) is 0. The van der Waals surface area contributed by atoms with Crippen LogP contribution < -0.4 is 0 Å². The molecule has 0 unspecified atom stereocenters. The molecule has 4 heavy (non-hydrogen) atoms. The van der Waals surface area contributed by atoms with Crippen LogP contribution in [0.25, 0.3) is 0 Å². The Bertz CT molecular complexity index is 8.00. The van der Waals surface area contributed by atoms with Gasteiger partial charge in [0.05, 0.1) is 0 Å². The second-order valence-corrected chi connectivity index (χ2v) is 0. The molecular formula is H2MnNiSSi. The molecule has 0 aromatic carbocycles. The molecule has 0 heterocycles. The van der Waals surface area contributed by atoms with Crippen molar-refractivity contribution in [3.8, 4) is 0 Å². The van der Waals surface area contributed by atoms with Gasteiger partial charge in [-0.1, -0.05) is 0 Å². The molecule has 0 aliphatic heterocycles. The van der Waals surface area contributed by atoms with Gasteiger partial charge in [-0.2, -0.15) is 13.5 Å². The van der Waals surface area contributed by atoms with Crippen molar-refractivity contribution < 1.29 is 33.6 Å². The summed E-state index contributed by atoms with van der Waals surface area (Å²) in [6.45, 7) is 0. The second kappa shape index (κ2) is 23.5. The van der Waals surface area contributed by atoms with E-state index in [0.717, 1.165) is 0 Å². The standard InChI is InChI=1S/Mn.Ni.H2S.Si/h;;1H2;. The zero-order chi connectivity index (χ0) is 0. The van der Waals surface area contributed by atoms with Gasteiger partial charge in [0.25, 0.3) is 0 Å². The second-order valence-electron chi connectivity index (χ2n) is 0. The van der Waals surface area contributed by atoms with Crippen LogP contribution in [-0.4, -0.2) is 11.0 Å². The van der Waals surface area contributed by atoms with Crippen molar-refractivity contribution in [1.82, 2.24) is 0 Å². The largest absolute Gasteiger partial charge is 0.197 e. The summed E-state index contributed by atoms with van der Waals surface area (Å²) >= 11 is 0. The molecule has 0 bridgehead atoms. The van der Waals surface area contributed by atoms with E-state index in [0.29, 0.717) is 0 Å². The van der Waals surface area contributed by atoms with E-state index in [1.807, 2.05) is 0 Å². The average molecular weight is 176 g/mol. The van der Waals surface area contributed by atoms with Crippen molar-refractivity contribution >= 4 is 24.5 Å². The number of hydrogen-bond acceptors (Lipinski definition) is 0. The minimum atomic E-state index is 0. The molecule has 0 fully saturated rings. The Morgan fingerprint density at radius 1 is 1.00 bits per heavy atom. The van der Waals surface area contributed by atoms with Crippen LogP contribution in [0, 0.1) is 0 Å². The summed E-state index contributed by atoms with van der Waals surface area (Å²) in [6, 6.07) is 0. The molecule has 0 aromatic heterocycles. The third kappa shape index (κ3) is 9.55. The van der Waals surface area contributed by atoms with Crippen LogP contribution in [0.1, 0.15) is 0 Å². The van der Waals surface area contributed by atoms with Crippen LogP contribution in [0.2, 0.25) is 0 Å². The minimum absolute atomic E-state index is 0. The van der Waals surface area contributed by atoms with Crippen molar-refractivity contribution in [2.75, 3.05) is 0 Å². The molecule has 0 nitrogen and oxygen atoms in total. The third-order valence-corrected chi connectivity index (χ3v) is 0. The van der Waals surface area contributed by atoms with E-state index in [4.69, 9.17) is 0 Å². The molecule has 0 saturated carbocycles. The van der Waals surface area contributed by atoms with Crippen molar-refractivity contribution in [2.45, 2.75) is 0 Å². The summed E-state index contributed by atoms with van der Waals surface area (Å²) in [5.74, 6) is 0. The Balaban J connectivity index is 0. The Hall–Kier alpha value is 1.58. The predicted molar refractivity (Wildman–Crippen MR) is 16.1 cm³/mol. The van der Waals surface area contributed by atoms with E-state index in [1.54, 1.807) is 0 Å². The van der Waals surface area contributed by atoms with Crippen LogP contribution >= 0.6 is 13.5 Å². The summed E-state index contributed by atoms with van der Waals surface area (Å²) in [5, 5.41) is 0. The number of rotatable bonds is 0. The van der Waals surface area contributed by atoms with Gasteiger partial charge >= 0.3 is 0 Å². The molecule has 0 N–H and O–H groups in total. The molecule has 4 heteroatoms. The van der Waals surface area contributed by atoms with Gasteiger partial charge < -0.3 is 0 Å². The summed E-state index contributed by atoms with van der Waals surface area (Å²) in [6.07, 6.45) is 0. The molecule has 0 spiro atoms. The summed E-state index contributed by atoms with van der Waals surface area (Å²) in [7, 11) is 0. The molecule has 0 aromatic rings. The van der Waals surface area contributed by atoms with Gasteiger partial charge in [0.15, 0.2) is 0 Å². The smallest absolute Gasteiger partial charge is 0 e. The molecule has 0 atom stereocenters. The van der Waals surface area contributed by atoms with Gasteiger partial charge in [-0.15, -0.1) is 0 Å². The average Bonchev–Trinajstić information content (AvgIpc) is 0. The maximum atomic E-state index is 0. The third-order valence-electron chi connectivity index (χ3n) is 0. The van der Waals surface area contributed by atoms with Crippen molar-refractivity contribution in [2.24, 2.45) is 0 Å². The first kappa shape index (κ1) is 46.9. The van der Waals surface area contributed by atoms with Crippen LogP contribution in [0.15, 0.2) is 0 Å². The van der Waals surface area contributed by atoms with Crippen molar-refractivity contribution in [3.63, 3.8) is 0 Å². The van der Waals surface area contributed by atoms with Gasteiger partial charge in [-0.05, 0) is 0 Å². The molecule has 29 valence electrons. The molecule has 0 aliphatic rings. The maximum absolute atomic E-state index is 0. The topological polar surface area (TPSA) is 0 Å². The Labute approximate surface area is 58.0 Å². The maximum Gasteiger partial charge on any atom is 0 e. The Morgan fingerprint density at radius 2 is 1.00 bits per heavy atom. The molecule has 0 rings (SSSR count). The van der Waals surface area contributed by atoms with Crippen LogP contribution in [0.4, 0.5) is 0 Å². The summed E-state index contributed by atoms with van der Waals surface area (Å²) < 4.78 is 0. The first-order valence-corrected chi connectivity index (χ1v) is 0. The van der Waals surface area contributed by atoms with E-state index in [1.165, 1.54) is 0 Å². The SMILES string of the molecule is S.[Mn].[Ni].[Si]. The quantitative estimate of drug-likeness (QED) is 0.445. The Morgan fingerprint density at radius 3 is 1.00 bits per heavy atom. The fourth-order valence-corrected chi connectivity index (χ4v) is 0. The fraction of sp³-hybridized carbons (Fsp3) is 0. The van der Waals surface area contributed by atoms with Gasteiger partial charge in [-0.3, -0.25) is 0 Å². The zero-order valence-electron chi connectivity index (χ0n) is 1.69. The van der Waals surface area contributed by atoms with Gasteiger partial charge in [-0.25, -0.2) is 0 Å². The van der Waals surface area contributed by atoms with Crippen molar-refractivity contribution in [3.05, 3.63) is 0 Å². The Kier molecular flexibility index (Phi) is 276. The molecular weight excluding hydrogens is 174 g/mol. The molecule has 0 aliphatic carbocycles. The molecule has 5 radical (unpaired) electrons. The minimum Gasteiger partial charge on any atom is -0.197 e. The van der Waals surface area contributed by atoms with Crippen LogP contribution in [-0.2, 0) is 33.6 Å². The van der Waals surface area contributed by atoms with E-state index < -0.39 is 0 Å². The predicted octanol–water partition coefficient (Wildman–Crippen LogP) is -0.273. The van der Waals surface area contributed by atoms with Crippen molar-refractivity contribution in [1.29, 1.82) is 0 Å². The number of hydrogen-bond donors (Lipinski definition) is 0. The van der Waals surface area contributed by atoms with Crippen LogP contribution in [0.3, 0.4) is 0 Å². The molecule has 0 amide bonds. The van der Waals surface area contributed by atoms with Gasteiger partial charge in [0.1, 0.15) is 0 Å². The summed E-state index contributed by atoms with van der Waals surface area (Å²) in [4.78, 5) is 0. The summed E-state index contributed by atoms with van der Waals surface area (Å²) in [5.41, 5.74) is 0. The van der Waals surface area contributed by atoms with E-state index in [2.05, 4.69) is 0 Å². The van der Waals surface area contributed by atoms with E-state index in [-0.39, 0.29) is 58.0 Å². The fourth-order valence-electron chi connectivity index (χ4n) is 0. The monoisotopic (exact) mass is 175 g/mol. The van der Waals surface area contributed by atoms with E-state index >= 15 is 0 Å².